The smallest absolute Gasteiger partial charge is 0.412 e. The topological polar surface area (TPSA) is 59.0 Å². The van der Waals surface area contributed by atoms with Crippen molar-refractivity contribution in [2.24, 2.45) is 0 Å². The number of ether oxygens (including phenoxy) is 2. The second kappa shape index (κ2) is 10.2. The maximum atomic E-state index is 13.6. The molecule has 1 heterocycles. The summed E-state index contributed by atoms with van der Waals surface area (Å²) in [7, 11) is 0. The molecule has 0 spiro atoms. The average Bonchev–Trinajstić information content (AvgIpc) is 2.74. The standard InChI is InChI=1S/C22H22F3NO4/c23-18-10-16(11-19(24)21(18)25)20-14-30-13-17(26(20)22(27)28)8-4-5-9-29-12-15-6-2-1-3-7-15/h1-3,6-7,10-11,14,17H,4-5,8-9,12-13H2,(H,27,28)/t17-/m1/s1. The van der Waals surface area contributed by atoms with E-state index in [4.69, 9.17) is 9.47 Å². The highest BCUT2D eigenvalue weighted by molar-refractivity contribution is 5.81. The van der Waals surface area contributed by atoms with Crippen LogP contribution in [-0.2, 0) is 16.1 Å². The third-order valence-corrected chi connectivity index (χ3v) is 4.78. The van der Waals surface area contributed by atoms with E-state index in [9.17, 15) is 23.1 Å². The normalized spacial score (nSPS) is 16.2. The Balaban J connectivity index is 1.56. The zero-order chi connectivity index (χ0) is 21.5. The number of amides is 1. The molecule has 1 aliphatic heterocycles. The summed E-state index contributed by atoms with van der Waals surface area (Å²) < 4.78 is 51.4. The Bertz CT molecular complexity index is 882. The van der Waals surface area contributed by atoms with E-state index in [0.29, 0.717) is 26.1 Å². The van der Waals surface area contributed by atoms with E-state index in [1.807, 2.05) is 30.3 Å². The maximum Gasteiger partial charge on any atom is 0.412 e. The van der Waals surface area contributed by atoms with Crippen LogP contribution in [-0.4, -0.2) is 35.4 Å². The van der Waals surface area contributed by atoms with Crippen molar-refractivity contribution < 1.29 is 32.5 Å². The second-order valence-electron chi connectivity index (χ2n) is 6.93. The molecule has 0 bridgehead atoms. The Morgan fingerprint density at radius 3 is 2.50 bits per heavy atom. The van der Waals surface area contributed by atoms with Gasteiger partial charge in [0.05, 0.1) is 18.3 Å². The van der Waals surface area contributed by atoms with Gasteiger partial charge in [0.1, 0.15) is 12.9 Å². The van der Waals surface area contributed by atoms with Crippen LogP contribution in [0.2, 0.25) is 0 Å². The lowest BCUT2D eigenvalue weighted by molar-refractivity contribution is 0.0930. The molecule has 30 heavy (non-hydrogen) atoms. The van der Waals surface area contributed by atoms with Gasteiger partial charge >= 0.3 is 6.09 Å². The van der Waals surface area contributed by atoms with Crippen molar-refractivity contribution in [2.75, 3.05) is 13.2 Å². The molecule has 0 aromatic heterocycles. The van der Waals surface area contributed by atoms with Gasteiger partial charge in [0.2, 0.25) is 0 Å². The number of carbonyl (C=O) groups is 1. The minimum Gasteiger partial charge on any atom is -0.497 e. The summed E-state index contributed by atoms with van der Waals surface area (Å²) in [4.78, 5) is 12.8. The molecule has 1 atom stereocenters. The largest absolute Gasteiger partial charge is 0.497 e. The van der Waals surface area contributed by atoms with Gasteiger partial charge in [-0.3, -0.25) is 4.90 Å². The highest BCUT2D eigenvalue weighted by atomic mass is 19.2. The lowest BCUT2D eigenvalue weighted by Gasteiger charge is -2.34. The van der Waals surface area contributed by atoms with Gasteiger partial charge in [0.15, 0.2) is 17.5 Å². The maximum absolute atomic E-state index is 13.6. The van der Waals surface area contributed by atoms with Crippen molar-refractivity contribution in [3.05, 3.63) is 77.3 Å². The Labute approximate surface area is 172 Å². The van der Waals surface area contributed by atoms with Crippen LogP contribution in [0.1, 0.15) is 30.4 Å². The van der Waals surface area contributed by atoms with Crippen LogP contribution in [0.25, 0.3) is 5.70 Å². The number of hydrogen-bond acceptors (Lipinski definition) is 3. The molecule has 0 saturated carbocycles. The molecular weight excluding hydrogens is 399 g/mol. The Hall–Kier alpha value is -3.00. The predicted octanol–water partition coefficient (Wildman–Crippen LogP) is 5.17. The van der Waals surface area contributed by atoms with E-state index >= 15 is 0 Å². The molecular formula is C22H22F3NO4. The molecule has 0 unspecified atom stereocenters. The van der Waals surface area contributed by atoms with Crippen LogP contribution in [0.15, 0.2) is 48.7 Å². The van der Waals surface area contributed by atoms with Gasteiger partial charge < -0.3 is 14.6 Å². The molecule has 2 aromatic rings. The zero-order valence-electron chi connectivity index (χ0n) is 16.2. The molecule has 1 amide bonds. The summed E-state index contributed by atoms with van der Waals surface area (Å²) in [5, 5.41) is 9.64. The van der Waals surface area contributed by atoms with Crippen LogP contribution in [0, 0.1) is 17.5 Å². The zero-order valence-corrected chi connectivity index (χ0v) is 16.2. The minimum atomic E-state index is -1.61. The summed E-state index contributed by atoms with van der Waals surface area (Å²) in [6.45, 7) is 1.14. The second-order valence-corrected chi connectivity index (χ2v) is 6.93. The van der Waals surface area contributed by atoms with E-state index in [1.54, 1.807) is 0 Å². The van der Waals surface area contributed by atoms with Crippen LogP contribution in [0.5, 0.6) is 0 Å². The first-order valence-electron chi connectivity index (χ1n) is 9.58. The fourth-order valence-corrected chi connectivity index (χ4v) is 3.30. The number of rotatable bonds is 8. The average molecular weight is 421 g/mol. The molecule has 0 saturated heterocycles. The molecule has 160 valence electrons. The van der Waals surface area contributed by atoms with Gasteiger partial charge in [-0.25, -0.2) is 18.0 Å². The Kier molecular flexibility index (Phi) is 7.35. The van der Waals surface area contributed by atoms with Gasteiger partial charge in [-0.15, -0.1) is 0 Å². The molecule has 0 aliphatic carbocycles. The SMILES string of the molecule is O=C(O)N1C(c2cc(F)c(F)c(F)c2)=COC[C@H]1CCCCOCc1ccccc1. The van der Waals surface area contributed by atoms with Crippen molar-refractivity contribution >= 4 is 11.8 Å². The van der Waals surface area contributed by atoms with E-state index < -0.39 is 29.6 Å². The van der Waals surface area contributed by atoms with Gasteiger partial charge in [-0.2, -0.15) is 0 Å². The highest BCUT2D eigenvalue weighted by Gasteiger charge is 2.32. The summed E-state index contributed by atoms with van der Waals surface area (Å²) in [6.07, 6.45) is 1.71. The summed E-state index contributed by atoms with van der Waals surface area (Å²) in [6, 6.07) is 10.7. The molecule has 3 rings (SSSR count). The first-order valence-corrected chi connectivity index (χ1v) is 9.58. The summed E-state index contributed by atoms with van der Waals surface area (Å²) in [5.41, 5.74) is 0.936. The van der Waals surface area contributed by atoms with E-state index in [1.165, 1.54) is 0 Å². The minimum absolute atomic E-state index is 0.0307. The van der Waals surface area contributed by atoms with Gasteiger partial charge in [-0.05, 0) is 37.0 Å². The van der Waals surface area contributed by atoms with Crippen molar-refractivity contribution in [1.29, 1.82) is 0 Å². The lowest BCUT2D eigenvalue weighted by atomic mass is 10.0. The monoisotopic (exact) mass is 421 g/mol. The third-order valence-electron chi connectivity index (χ3n) is 4.78. The van der Waals surface area contributed by atoms with Crippen LogP contribution in [0.4, 0.5) is 18.0 Å². The molecule has 1 N–H and O–H groups in total. The molecule has 2 aromatic carbocycles. The third kappa shape index (κ3) is 5.33. The van der Waals surface area contributed by atoms with Gasteiger partial charge in [0, 0.05) is 12.2 Å². The van der Waals surface area contributed by atoms with Gasteiger partial charge in [-0.1, -0.05) is 30.3 Å². The summed E-state index contributed by atoms with van der Waals surface area (Å²) in [5.74, 6) is -4.40. The number of benzene rings is 2. The van der Waals surface area contributed by atoms with E-state index in [-0.39, 0.29) is 17.9 Å². The molecule has 8 heteroatoms. The fraction of sp³-hybridized carbons (Fsp3) is 0.318. The lowest BCUT2D eigenvalue weighted by Crippen LogP contribution is -2.43. The van der Waals surface area contributed by atoms with E-state index in [0.717, 1.165) is 35.3 Å². The number of halogens is 3. The van der Waals surface area contributed by atoms with Crippen LogP contribution >= 0.6 is 0 Å². The Morgan fingerprint density at radius 2 is 1.83 bits per heavy atom. The number of carboxylic acid groups (broad SMARTS) is 1. The number of unbranched alkanes of at least 4 members (excludes halogenated alkanes) is 1. The van der Waals surface area contributed by atoms with Crippen molar-refractivity contribution in [2.45, 2.75) is 31.9 Å². The first-order chi connectivity index (χ1) is 14.5. The van der Waals surface area contributed by atoms with Crippen LogP contribution in [0.3, 0.4) is 0 Å². The quantitative estimate of drug-likeness (QED) is 0.472. The molecule has 0 fully saturated rings. The van der Waals surface area contributed by atoms with Crippen LogP contribution < -0.4 is 0 Å². The van der Waals surface area contributed by atoms with E-state index in [2.05, 4.69) is 0 Å². The number of hydrogen-bond donors (Lipinski definition) is 1. The fourth-order valence-electron chi connectivity index (χ4n) is 3.30. The molecule has 0 radical (unpaired) electrons. The highest BCUT2D eigenvalue weighted by Crippen LogP contribution is 2.30. The van der Waals surface area contributed by atoms with Crippen molar-refractivity contribution in [3.63, 3.8) is 0 Å². The van der Waals surface area contributed by atoms with Crippen molar-refractivity contribution in [1.82, 2.24) is 4.90 Å². The molecule has 1 aliphatic rings. The van der Waals surface area contributed by atoms with Gasteiger partial charge in [0.25, 0.3) is 0 Å². The first kappa shape index (κ1) is 21.7. The Morgan fingerprint density at radius 1 is 1.13 bits per heavy atom. The van der Waals surface area contributed by atoms with Crippen molar-refractivity contribution in [3.8, 4) is 0 Å². The predicted molar refractivity (Wildman–Crippen MR) is 104 cm³/mol. The number of nitrogens with zero attached hydrogens (tertiary/aromatic N) is 1. The molecule has 5 nitrogen and oxygen atoms in total. The summed E-state index contributed by atoms with van der Waals surface area (Å²) >= 11 is 0.